The minimum atomic E-state index is -0.292. The molecule has 0 saturated carbocycles. The highest BCUT2D eigenvalue weighted by molar-refractivity contribution is 9.10. The maximum absolute atomic E-state index is 11.3. The third-order valence-electron chi connectivity index (χ3n) is 2.15. The molecule has 0 N–H and O–H groups in total. The molecule has 2 nitrogen and oxygen atoms in total. The van der Waals surface area contributed by atoms with E-state index in [1.165, 1.54) is 18.4 Å². The van der Waals surface area contributed by atoms with Crippen LogP contribution in [0, 0.1) is 0 Å². The van der Waals surface area contributed by atoms with Gasteiger partial charge in [-0.2, -0.15) is 0 Å². The summed E-state index contributed by atoms with van der Waals surface area (Å²) in [5, 5.41) is 1.81. The van der Waals surface area contributed by atoms with E-state index in [9.17, 15) is 4.79 Å². The minimum Gasteiger partial charge on any atom is -0.465 e. The number of carbonyl (C=O) groups excluding carboxylic acids is 1. The number of rotatable bonds is 2. The van der Waals surface area contributed by atoms with Crippen LogP contribution in [0.3, 0.4) is 0 Å². The maximum Gasteiger partial charge on any atom is 0.338 e. The summed E-state index contributed by atoms with van der Waals surface area (Å²) in [6.07, 6.45) is 0. The minimum absolute atomic E-state index is 0.292. The number of thiophene rings is 1. The number of carbonyl (C=O) groups is 1. The Morgan fingerprint density at radius 2 is 2.00 bits per heavy atom. The molecule has 4 heteroatoms. The molecule has 2 aromatic rings. The predicted octanol–water partition coefficient (Wildman–Crippen LogP) is 3.96. The quantitative estimate of drug-likeness (QED) is 0.784. The van der Waals surface area contributed by atoms with Crippen molar-refractivity contribution in [1.82, 2.24) is 0 Å². The van der Waals surface area contributed by atoms with Gasteiger partial charge in [0.1, 0.15) is 0 Å². The molecule has 16 heavy (non-hydrogen) atoms. The number of hydrogen-bond acceptors (Lipinski definition) is 3. The van der Waals surface area contributed by atoms with E-state index in [0.717, 1.165) is 14.9 Å². The molecule has 82 valence electrons. The smallest absolute Gasteiger partial charge is 0.338 e. The zero-order valence-electron chi connectivity index (χ0n) is 8.57. The second-order valence-electron chi connectivity index (χ2n) is 3.20. The van der Waals surface area contributed by atoms with Crippen LogP contribution in [0.5, 0.6) is 0 Å². The fourth-order valence-electron chi connectivity index (χ4n) is 1.33. The number of hydrogen-bond donors (Lipinski definition) is 0. The van der Waals surface area contributed by atoms with E-state index in [0.29, 0.717) is 5.56 Å². The molecule has 1 aromatic heterocycles. The molecular weight excluding hydrogens is 288 g/mol. The zero-order valence-corrected chi connectivity index (χ0v) is 11.0. The zero-order chi connectivity index (χ0) is 11.5. The van der Waals surface area contributed by atoms with Gasteiger partial charge < -0.3 is 4.74 Å². The van der Waals surface area contributed by atoms with Crippen molar-refractivity contribution in [3.8, 4) is 10.4 Å². The van der Waals surface area contributed by atoms with Gasteiger partial charge in [-0.1, -0.05) is 28.1 Å². The summed E-state index contributed by atoms with van der Waals surface area (Å²) in [5.41, 5.74) is 1.70. The lowest BCUT2D eigenvalue weighted by molar-refractivity contribution is 0.0601. The van der Waals surface area contributed by atoms with Gasteiger partial charge in [-0.15, -0.1) is 11.3 Å². The highest BCUT2D eigenvalue weighted by Gasteiger charge is 2.09. The topological polar surface area (TPSA) is 26.3 Å². The molecule has 1 aromatic carbocycles. The summed E-state index contributed by atoms with van der Waals surface area (Å²) >= 11 is 4.92. The van der Waals surface area contributed by atoms with E-state index in [4.69, 9.17) is 0 Å². The Morgan fingerprint density at radius 3 is 2.62 bits per heavy atom. The average Bonchev–Trinajstić information content (AvgIpc) is 2.78. The lowest BCUT2D eigenvalue weighted by atomic mass is 10.2. The standard InChI is InChI=1S/C12H9BrO2S/c1-15-12(14)9-6-11(16-7-9)8-2-4-10(13)5-3-8/h2-7H,1H3. The van der Waals surface area contributed by atoms with Crippen LogP contribution >= 0.6 is 27.3 Å². The first-order valence-corrected chi connectivity index (χ1v) is 6.31. The van der Waals surface area contributed by atoms with Crippen LogP contribution in [0.1, 0.15) is 10.4 Å². The third-order valence-corrected chi connectivity index (χ3v) is 3.66. The number of esters is 1. The lowest BCUT2D eigenvalue weighted by Crippen LogP contribution is -1.97. The number of halogens is 1. The Morgan fingerprint density at radius 1 is 1.31 bits per heavy atom. The molecular formula is C12H9BrO2S. The van der Waals surface area contributed by atoms with Crippen LogP contribution in [0.25, 0.3) is 10.4 Å². The molecule has 0 unspecified atom stereocenters. The molecule has 0 atom stereocenters. The van der Waals surface area contributed by atoms with E-state index in [1.54, 1.807) is 0 Å². The Hall–Kier alpha value is -1.13. The van der Waals surface area contributed by atoms with Crippen LogP contribution in [0.2, 0.25) is 0 Å². The molecule has 0 fully saturated rings. The monoisotopic (exact) mass is 296 g/mol. The Balaban J connectivity index is 2.31. The van der Waals surface area contributed by atoms with E-state index < -0.39 is 0 Å². The summed E-state index contributed by atoms with van der Waals surface area (Å²) in [7, 11) is 1.39. The SMILES string of the molecule is COC(=O)c1csc(-c2ccc(Br)cc2)c1. The summed E-state index contributed by atoms with van der Waals surface area (Å²) in [5.74, 6) is -0.292. The molecule has 0 aliphatic heterocycles. The summed E-state index contributed by atoms with van der Waals surface area (Å²) in [6, 6.07) is 9.83. The molecule has 0 aliphatic rings. The molecule has 0 bridgehead atoms. The second kappa shape index (κ2) is 4.80. The van der Waals surface area contributed by atoms with Gasteiger partial charge in [-0.05, 0) is 23.8 Å². The Kier molecular flexibility index (Phi) is 3.41. The van der Waals surface area contributed by atoms with Gasteiger partial charge in [0, 0.05) is 14.7 Å². The van der Waals surface area contributed by atoms with Gasteiger partial charge >= 0.3 is 5.97 Å². The van der Waals surface area contributed by atoms with Crippen molar-refractivity contribution in [2.75, 3.05) is 7.11 Å². The molecule has 2 rings (SSSR count). The van der Waals surface area contributed by atoms with Crippen molar-refractivity contribution in [3.63, 3.8) is 0 Å². The van der Waals surface area contributed by atoms with E-state index >= 15 is 0 Å². The van der Waals surface area contributed by atoms with Gasteiger partial charge in [0.2, 0.25) is 0 Å². The predicted molar refractivity (Wildman–Crippen MR) is 68.8 cm³/mol. The average molecular weight is 297 g/mol. The van der Waals surface area contributed by atoms with Crippen LogP contribution in [-0.4, -0.2) is 13.1 Å². The van der Waals surface area contributed by atoms with Crippen molar-refractivity contribution >= 4 is 33.2 Å². The normalized spacial score (nSPS) is 10.1. The fourth-order valence-corrected chi connectivity index (χ4v) is 2.48. The highest BCUT2D eigenvalue weighted by Crippen LogP contribution is 2.28. The van der Waals surface area contributed by atoms with Crippen LogP contribution < -0.4 is 0 Å². The molecule has 0 saturated heterocycles. The highest BCUT2D eigenvalue weighted by atomic mass is 79.9. The van der Waals surface area contributed by atoms with Crippen LogP contribution in [0.15, 0.2) is 40.2 Å². The van der Waals surface area contributed by atoms with Gasteiger partial charge in [0.05, 0.1) is 12.7 Å². The third kappa shape index (κ3) is 2.33. The first-order chi connectivity index (χ1) is 7.70. The second-order valence-corrected chi connectivity index (χ2v) is 5.03. The number of methoxy groups -OCH3 is 1. The van der Waals surface area contributed by atoms with E-state index in [-0.39, 0.29) is 5.97 Å². The van der Waals surface area contributed by atoms with Gasteiger partial charge in [-0.3, -0.25) is 0 Å². The number of ether oxygens (including phenoxy) is 1. The molecule has 0 amide bonds. The van der Waals surface area contributed by atoms with Gasteiger partial charge in [0.15, 0.2) is 0 Å². The lowest BCUT2D eigenvalue weighted by Gasteiger charge is -1.96. The van der Waals surface area contributed by atoms with Crippen molar-refractivity contribution < 1.29 is 9.53 Å². The molecule has 1 heterocycles. The van der Waals surface area contributed by atoms with E-state index in [1.807, 2.05) is 35.7 Å². The molecule has 0 radical (unpaired) electrons. The van der Waals surface area contributed by atoms with Crippen LogP contribution in [0.4, 0.5) is 0 Å². The van der Waals surface area contributed by atoms with Gasteiger partial charge in [0.25, 0.3) is 0 Å². The van der Waals surface area contributed by atoms with Crippen molar-refractivity contribution in [3.05, 3.63) is 45.7 Å². The number of benzene rings is 1. The van der Waals surface area contributed by atoms with Gasteiger partial charge in [-0.25, -0.2) is 4.79 Å². The summed E-state index contributed by atoms with van der Waals surface area (Å²) in [6.45, 7) is 0. The largest absolute Gasteiger partial charge is 0.465 e. The molecule has 0 aliphatic carbocycles. The maximum atomic E-state index is 11.3. The first-order valence-electron chi connectivity index (χ1n) is 4.63. The fraction of sp³-hybridized carbons (Fsp3) is 0.0833. The van der Waals surface area contributed by atoms with Crippen molar-refractivity contribution in [2.45, 2.75) is 0 Å². The Bertz CT molecular complexity index is 502. The van der Waals surface area contributed by atoms with Crippen molar-refractivity contribution in [1.29, 1.82) is 0 Å². The van der Waals surface area contributed by atoms with Crippen LogP contribution in [-0.2, 0) is 4.74 Å². The van der Waals surface area contributed by atoms with E-state index in [2.05, 4.69) is 20.7 Å². The molecule has 0 spiro atoms. The Labute approximate surface area is 106 Å². The summed E-state index contributed by atoms with van der Waals surface area (Å²) in [4.78, 5) is 12.4. The van der Waals surface area contributed by atoms with Crippen molar-refractivity contribution in [2.24, 2.45) is 0 Å². The first kappa shape index (κ1) is 11.4. The summed E-state index contributed by atoms with van der Waals surface area (Å²) < 4.78 is 5.71.